The van der Waals surface area contributed by atoms with Crippen LogP contribution in [0.5, 0.6) is 0 Å². The lowest BCUT2D eigenvalue weighted by atomic mass is 10.4. The zero-order valence-corrected chi connectivity index (χ0v) is 6.66. The number of anilines is 1. The molecule has 0 atom stereocenters. The number of hydrogen-bond acceptors (Lipinski definition) is 3. The summed E-state index contributed by atoms with van der Waals surface area (Å²) in [5.41, 5.74) is 1.16. The quantitative estimate of drug-likeness (QED) is 0.535. The zero-order chi connectivity index (χ0) is 6.10. The average molecular weight is 233 g/mol. The Balaban J connectivity index is 2.63. The first-order valence-electron chi connectivity index (χ1n) is 2.48. The molecule has 46 valence electrons. The number of hydrogen-bond donors (Lipinski definition) is 1. The Labute approximate surface area is 62.6 Å². The lowest BCUT2D eigenvalue weighted by molar-refractivity contribution is 1.18. The topological polar surface area (TPSA) is 37.8 Å². The number of nitrogens with one attached hydrogen (secondary N) is 1. The van der Waals surface area contributed by atoms with Crippen molar-refractivity contribution in [3.05, 3.63) is 18.1 Å². The zero-order valence-electron chi connectivity index (χ0n) is 4.50. The average Bonchev–Trinajstić information content (AvgIpc) is 2.33. The standard InChI is InChI=1S/C5H4IN3/c1-4-2-7-3-8-5(4)9-6-1/h1-3H,(H,7,8,9). The molecule has 1 aliphatic heterocycles. The highest BCUT2D eigenvalue weighted by atomic mass is 127. The molecule has 0 saturated heterocycles. The van der Waals surface area contributed by atoms with E-state index in [1.807, 2.05) is 6.20 Å². The maximum absolute atomic E-state index is 4.03. The van der Waals surface area contributed by atoms with Gasteiger partial charge in [-0.25, -0.2) is 9.97 Å². The van der Waals surface area contributed by atoms with Gasteiger partial charge in [0, 0.05) is 11.8 Å². The van der Waals surface area contributed by atoms with Crippen LogP contribution in [0.1, 0.15) is 5.56 Å². The molecular formula is C5H4IN3. The first-order valence-corrected chi connectivity index (χ1v) is 4.81. The molecule has 1 aliphatic rings. The molecule has 9 heavy (non-hydrogen) atoms. The molecule has 0 spiro atoms. The minimum atomic E-state index is 0.0350. The van der Waals surface area contributed by atoms with Crippen LogP contribution in [-0.4, -0.2) is 14.0 Å². The Morgan fingerprint density at radius 1 is 1.56 bits per heavy atom. The van der Waals surface area contributed by atoms with Gasteiger partial charge in [0.25, 0.3) is 0 Å². The molecule has 3 nitrogen and oxygen atoms in total. The fourth-order valence-corrected chi connectivity index (χ4v) is 2.33. The second kappa shape index (κ2) is 2.02. The van der Waals surface area contributed by atoms with Gasteiger partial charge in [-0.2, -0.15) is 0 Å². The summed E-state index contributed by atoms with van der Waals surface area (Å²) in [6.45, 7) is 0. The Morgan fingerprint density at radius 2 is 2.56 bits per heavy atom. The summed E-state index contributed by atoms with van der Waals surface area (Å²) in [5, 5.41) is 0. The highest BCUT2D eigenvalue weighted by Gasteiger charge is 2.02. The van der Waals surface area contributed by atoms with Gasteiger partial charge in [-0.3, -0.25) is 0 Å². The number of halogens is 1. The maximum atomic E-state index is 4.03. The van der Waals surface area contributed by atoms with E-state index >= 15 is 0 Å². The Morgan fingerprint density at radius 3 is 3.44 bits per heavy atom. The van der Waals surface area contributed by atoms with E-state index in [9.17, 15) is 0 Å². The van der Waals surface area contributed by atoms with E-state index in [2.05, 4.69) is 17.5 Å². The van der Waals surface area contributed by atoms with E-state index < -0.39 is 0 Å². The number of fused-ring (bicyclic) bond motifs is 1. The van der Waals surface area contributed by atoms with Crippen LogP contribution < -0.4 is 3.53 Å². The van der Waals surface area contributed by atoms with Crippen molar-refractivity contribution in [3.63, 3.8) is 0 Å². The number of rotatable bonds is 0. The normalized spacial score (nSPS) is 13.8. The fraction of sp³-hybridized carbons (Fsp3) is 0. The van der Waals surface area contributed by atoms with Gasteiger partial charge in [0.1, 0.15) is 12.1 Å². The highest BCUT2D eigenvalue weighted by molar-refractivity contribution is 14.2. The highest BCUT2D eigenvalue weighted by Crippen LogP contribution is 2.19. The molecule has 0 fully saturated rings. The van der Waals surface area contributed by atoms with Crippen molar-refractivity contribution < 1.29 is 0 Å². The van der Waals surface area contributed by atoms with Gasteiger partial charge < -0.3 is 3.53 Å². The Kier molecular flexibility index (Phi) is 1.18. The predicted molar refractivity (Wildman–Crippen MR) is 44.8 cm³/mol. The lowest BCUT2D eigenvalue weighted by Gasteiger charge is -1.91. The van der Waals surface area contributed by atoms with Crippen LogP contribution in [0, 0.1) is 0 Å². The van der Waals surface area contributed by atoms with Crippen LogP contribution in [0.3, 0.4) is 0 Å². The first-order chi connectivity index (χ1) is 4.47. The van der Waals surface area contributed by atoms with E-state index in [4.69, 9.17) is 0 Å². The van der Waals surface area contributed by atoms with Crippen molar-refractivity contribution in [2.75, 3.05) is 3.53 Å². The van der Waals surface area contributed by atoms with Gasteiger partial charge in [-0.1, -0.05) is 0 Å². The fourth-order valence-electron chi connectivity index (χ4n) is 0.637. The van der Waals surface area contributed by atoms with E-state index in [0.717, 1.165) is 11.4 Å². The van der Waals surface area contributed by atoms with Crippen LogP contribution in [0.2, 0.25) is 0 Å². The molecule has 1 aromatic rings. The van der Waals surface area contributed by atoms with E-state index in [1.165, 1.54) is 0 Å². The SMILES string of the molecule is C1=INc2ncncc21. The molecule has 0 amide bonds. The van der Waals surface area contributed by atoms with E-state index in [0.29, 0.717) is 0 Å². The molecule has 2 rings (SSSR count). The monoisotopic (exact) mass is 233 g/mol. The molecular weight excluding hydrogens is 229 g/mol. The molecule has 1 N–H and O–H groups in total. The summed E-state index contributed by atoms with van der Waals surface area (Å²) in [4.78, 5) is 7.92. The molecule has 4 heteroatoms. The molecule has 2 heterocycles. The Hall–Kier alpha value is -0.520. The summed E-state index contributed by atoms with van der Waals surface area (Å²) in [5.74, 6) is 0.998. The molecule has 0 unspecified atom stereocenters. The maximum Gasteiger partial charge on any atom is 0.145 e. The summed E-state index contributed by atoms with van der Waals surface area (Å²) < 4.78 is 5.38. The third-order valence-corrected chi connectivity index (χ3v) is 2.86. The van der Waals surface area contributed by atoms with Crippen LogP contribution in [0.15, 0.2) is 12.5 Å². The van der Waals surface area contributed by atoms with Crippen molar-refractivity contribution in [3.8, 4) is 0 Å². The van der Waals surface area contributed by atoms with Crippen molar-refractivity contribution in [2.24, 2.45) is 0 Å². The van der Waals surface area contributed by atoms with Gasteiger partial charge in [-0.05, 0) is 25.0 Å². The molecule has 0 aromatic carbocycles. The summed E-state index contributed by atoms with van der Waals surface area (Å²) in [7, 11) is 0. The number of aromatic nitrogens is 2. The van der Waals surface area contributed by atoms with Crippen molar-refractivity contribution in [1.29, 1.82) is 0 Å². The molecule has 0 bridgehead atoms. The van der Waals surface area contributed by atoms with Crippen molar-refractivity contribution in [1.82, 2.24) is 9.97 Å². The minimum Gasteiger partial charge on any atom is -0.318 e. The van der Waals surface area contributed by atoms with Crippen molar-refractivity contribution in [2.45, 2.75) is 0 Å². The second-order valence-electron chi connectivity index (χ2n) is 1.64. The van der Waals surface area contributed by atoms with Crippen LogP contribution >= 0.6 is 21.0 Å². The summed E-state index contributed by atoms with van der Waals surface area (Å²) in [6, 6.07) is 0. The van der Waals surface area contributed by atoms with Gasteiger partial charge >= 0.3 is 0 Å². The minimum absolute atomic E-state index is 0.0350. The van der Waals surface area contributed by atoms with Gasteiger partial charge in [0.05, 0.1) is 0 Å². The molecule has 0 radical (unpaired) electrons. The number of nitrogens with zero attached hydrogens (tertiary/aromatic N) is 2. The first kappa shape index (κ1) is 5.28. The van der Waals surface area contributed by atoms with Crippen LogP contribution in [-0.2, 0) is 0 Å². The van der Waals surface area contributed by atoms with Crippen LogP contribution in [0.4, 0.5) is 5.82 Å². The van der Waals surface area contributed by atoms with Gasteiger partial charge in [-0.15, -0.1) is 0 Å². The third-order valence-electron chi connectivity index (χ3n) is 1.06. The Bertz CT molecular complexity index is 258. The second-order valence-corrected chi connectivity index (χ2v) is 3.42. The van der Waals surface area contributed by atoms with Gasteiger partial charge in [0.2, 0.25) is 0 Å². The largest absolute Gasteiger partial charge is 0.318 e. The van der Waals surface area contributed by atoms with E-state index in [1.54, 1.807) is 6.33 Å². The molecule has 1 aromatic heterocycles. The van der Waals surface area contributed by atoms with Gasteiger partial charge in [0.15, 0.2) is 0 Å². The smallest absolute Gasteiger partial charge is 0.145 e. The summed E-state index contributed by atoms with van der Waals surface area (Å²) in [6.07, 6.45) is 3.40. The summed E-state index contributed by atoms with van der Waals surface area (Å²) >= 11 is 0.0350. The predicted octanol–water partition coefficient (Wildman–Crippen LogP) is 0.938. The molecule has 0 saturated carbocycles. The van der Waals surface area contributed by atoms with Crippen LogP contribution in [0.25, 0.3) is 0 Å². The van der Waals surface area contributed by atoms with Crippen molar-refractivity contribution >= 4 is 30.8 Å². The molecule has 0 aliphatic carbocycles. The third kappa shape index (κ3) is 0.827. The lowest BCUT2D eigenvalue weighted by Crippen LogP contribution is -1.86. The van der Waals surface area contributed by atoms with E-state index in [-0.39, 0.29) is 21.0 Å².